The first-order valence-electron chi connectivity index (χ1n) is 5.35. The molecule has 0 aromatic heterocycles. The molecule has 0 aliphatic heterocycles. The van der Waals surface area contributed by atoms with Crippen molar-refractivity contribution in [2.24, 2.45) is 5.92 Å². The number of carboxylic acid groups (broad SMARTS) is 1. The van der Waals surface area contributed by atoms with Gasteiger partial charge in [0.05, 0.1) is 11.5 Å². The maximum Gasteiger partial charge on any atom is 0.308 e. The van der Waals surface area contributed by atoms with Crippen LogP contribution in [0.1, 0.15) is 24.2 Å². The molecular weight excluding hydrogens is 241 g/mol. The number of aromatic hydroxyl groups is 1. The molecule has 18 heavy (non-hydrogen) atoms. The molecule has 1 aromatic rings. The highest BCUT2D eigenvalue weighted by Crippen LogP contribution is 2.18. The monoisotopic (exact) mass is 255 g/mol. The highest BCUT2D eigenvalue weighted by Gasteiger charge is 2.22. The molecule has 0 saturated heterocycles. The molecule has 0 fully saturated rings. The van der Waals surface area contributed by atoms with Crippen molar-refractivity contribution in [3.05, 3.63) is 29.6 Å². The van der Waals surface area contributed by atoms with Crippen molar-refractivity contribution < 1.29 is 24.2 Å². The number of hydrogen-bond acceptors (Lipinski definition) is 3. The molecule has 0 bridgehead atoms. The first-order valence-corrected chi connectivity index (χ1v) is 5.35. The Kier molecular flexibility index (Phi) is 4.25. The molecule has 5 nitrogen and oxygen atoms in total. The van der Waals surface area contributed by atoms with E-state index < -0.39 is 29.7 Å². The zero-order chi connectivity index (χ0) is 13.9. The first-order chi connectivity index (χ1) is 8.32. The number of phenols is 1. The van der Waals surface area contributed by atoms with Gasteiger partial charge in [-0.3, -0.25) is 9.59 Å². The summed E-state index contributed by atoms with van der Waals surface area (Å²) in [5.74, 6) is -3.57. The second-order valence-corrected chi connectivity index (χ2v) is 4.05. The van der Waals surface area contributed by atoms with E-state index in [2.05, 4.69) is 5.32 Å². The fourth-order valence-corrected chi connectivity index (χ4v) is 1.31. The van der Waals surface area contributed by atoms with Gasteiger partial charge < -0.3 is 15.5 Å². The number of carboxylic acids is 1. The Labute approximate surface area is 103 Å². The molecule has 1 amide bonds. The third-order valence-corrected chi connectivity index (χ3v) is 2.70. The van der Waals surface area contributed by atoms with Crippen LogP contribution in [0.2, 0.25) is 0 Å². The predicted octanol–water partition coefficient (Wildman–Crippen LogP) is 1.37. The average molecular weight is 255 g/mol. The maximum atomic E-state index is 12.9. The summed E-state index contributed by atoms with van der Waals surface area (Å²) >= 11 is 0. The number of amides is 1. The van der Waals surface area contributed by atoms with Gasteiger partial charge >= 0.3 is 5.97 Å². The number of phenolic OH excluding ortho intramolecular Hbond substituents is 1. The van der Waals surface area contributed by atoms with Gasteiger partial charge in [-0.2, -0.15) is 0 Å². The number of halogens is 1. The molecule has 1 rings (SSSR count). The van der Waals surface area contributed by atoms with E-state index in [1.807, 2.05) is 0 Å². The van der Waals surface area contributed by atoms with Crippen LogP contribution in [0, 0.1) is 11.7 Å². The van der Waals surface area contributed by atoms with Gasteiger partial charge in [-0.25, -0.2) is 4.39 Å². The van der Waals surface area contributed by atoms with Crippen LogP contribution in [0.15, 0.2) is 18.2 Å². The predicted molar refractivity (Wildman–Crippen MR) is 61.8 cm³/mol. The highest BCUT2D eigenvalue weighted by molar-refractivity contribution is 5.97. The Morgan fingerprint density at radius 2 is 1.94 bits per heavy atom. The Bertz CT molecular complexity index is 475. The van der Waals surface area contributed by atoms with E-state index in [0.29, 0.717) is 0 Å². The number of nitrogens with one attached hydrogen (secondary N) is 1. The first kappa shape index (κ1) is 14.0. The molecule has 0 saturated carbocycles. The second kappa shape index (κ2) is 5.48. The van der Waals surface area contributed by atoms with Crippen molar-refractivity contribution in [3.63, 3.8) is 0 Å². The Balaban J connectivity index is 2.82. The van der Waals surface area contributed by atoms with E-state index in [9.17, 15) is 19.1 Å². The normalized spacial score (nSPS) is 13.7. The third kappa shape index (κ3) is 3.19. The lowest BCUT2D eigenvalue weighted by atomic mass is 10.0. The number of rotatable bonds is 4. The molecule has 2 unspecified atom stereocenters. The summed E-state index contributed by atoms with van der Waals surface area (Å²) < 4.78 is 12.9. The molecular formula is C12H14FNO4. The van der Waals surface area contributed by atoms with Crippen molar-refractivity contribution in [2.45, 2.75) is 19.9 Å². The van der Waals surface area contributed by atoms with E-state index in [0.717, 1.165) is 18.2 Å². The minimum Gasteiger partial charge on any atom is -0.507 e. The summed E-state index contributed by atoms with van der Waals surface area (Å²) in [5, 5.41) is 20.6. The molecule has 2 atom stereocenters. The van der Waals surface area contributed by atoms with Crippen molar-refractivity contribution >= 4 is 11.9 Å². The lowest BCUT2D eigenvalue weighted by Crippen LogP contribution is -2.40. The lowest BCUT2D eigenvalue weighted by Gasteiger charge is -2.18. The minimum atomic E-state index is -1.05. The summed E-state index contributed by atoms with van der Waals surface area (Å²) in [6.07, 6.45) is 0. The molecule has 0 spiro atoms. The van der Waals surface area contributed by atoms with E-state index in [-0.39, 0.29) is 11.3 Å². The van der Waals surface area contributed by atoms with Crippen LogP contribution in [0.3, 0.4) is 0 Å². The number of carbonyl (C=O) groups excluding carboxylic acids is 1. The fourth-order valence-electron chi connectivity index (χ4n) is 1.31. The fraction of sp³-hybridized carbons (Fsp3) is 0.333. The van der Waals surface area contributed by atoms with Crippen LogP contribution in [-0.2, 0) is 4.79 Å². The van der Waals surface area contributed by atoms with Crippen LogP contribution in [0.4, 0.5) is 4.39 Å². The van der Waals surface area contributed by atoms with Gasteiger partial charge in [0.25, 0.3) is 5.91 Å². The Hall–Kier alpha value is -2.11. The lowest BCUT2D eigenvalue weighted by molar-refractivity contribution is -0.141. The number of hydrogen-bond donors (Lipinski definition) is 3. The SMILES string of the molecule is CC(NC(=O)c1cc(F)ccc1O)C(C)C(=O)O. The van der Waals surface area contributed by atoms with Gasteiger partial charge in [0, 0.05) is 6.04 Å². The maximum absolute atomic E-state index is 12.9. The molecule has 0 aliphatic rings. The topological polar surface area (TPSA) is 86.6 Å². The molecule has 3 N–H and O–H groups in total. The van der Waals surface area contributed by atoms with Gasteiger partial charge in [-0.05, 0) is 32.0 Å². The van der Waals surface area contributed by atoms with Gasteiger partial charge in [-0.1, -0.05) is 0 Å². The third-order valence-electron chi connectivity index (χ3n) is 2.70. The van der Waals surface area contributed by atoms with Gasteiger partial charge in [-0.15, -0.1) is 0 Å². The Morgan fingerprint density at radius 1 is 1.33 bits per heavy atom. The average Bonchev–Trinajstić information content (AvgIpc) is 2.30. The standard InChI is InChI=1S/C12H14FNO4/c1-6(12(17)18)7(2)14-11(16)9-5-8(13)3-4-10(9)15/h3-7,15H,1-2H3,(H,14,16)(H,17,18). The van der Waals surface area contributed by atoms with Crippen LogP contribution >= 0.6 is 0 Å². The van der Waals surface area contributed by atoms with Gasteiger partial charge in [0.1, 0.15) is 11.6 Å². The summed E-state index contributed by atoms with van der Waals surface area (Å²) in [5.41, 5.74) is -0.223. The van der Waals surface area contributed by atoms with Crippen molar-refractivity contribution in [2.75, 3.05) is 0 Å². The minimum absolute atomic E-state index is 0.223. The zero-order valence-electron chi connectivity index (χ0n) is 9.98. The number of aliphatic carboxylic acids is 1. The number of carbonyl (C=O) groups is 2. The van der Waals surface area contributed by atoms with E-state index in [4.69, 9.17) is 5.11 Å². The largest absolute Gasteiger partial charge is 0.507 e. The van der Waals surface area contributed by atoms with Crippen LogP contribution in [0.5, 0.6) is 5.75 Å². The molecule has 6 heteroatoms. The van der Waals surface area contributed by atoms with Crippen LogP contribution in [-0.4, -0.2) is 28.1 Å². The molecule has 1 aromatic carbocycles. The molecule has 0 aliphatic carbocycles. The molecule has 0 radical (unpaired) electrons. The van der Waals surface area contributed by atoms with Gasteiger partial charge in [0.15, 0.2) is 0 Å². The quantitative estimate of drug-likeness (QED) is 0.758. The second-order valence-electron chi connectivity index (χ2n) is 4.05. The van der Waals surface area contributed by atoms with Crippen LogP contribution < -0.4 is 5.32 Å². The molecule has 0 heterocycles. The summed E-state index contributed by atoms with van der Waals surface area (Å²) in [7, 11) is 0. The van der Waals surface area contributed by atoms with Crippen molar-refractivity contribution in [3.8, 4) is 5.75 Å². The van der Waals surface area contributed by atoms with Crippen molar-refractivity contribution in [1.29, 1.82) is 0 Å². The number of benzene rings is 1. The highest BCUT2D eigenvalue weighted by atomic mass is 19.1. The smallest absolute Gasteiger partial charge is 0.308 e. The Morgan fingerprint density at radius 3 is 2.50 bits per heavy atom. The summed E-state index contributed by atoms with van der Waals surface area (Å²) in [4.78, 5) is 22.4. The summed E-state index contributed by atoms with van der Waals surface area (Å²) in [6.45, 7) is 2.96. The van der Waals surface area contributed by atoms with E-state index in [1.165, 1.54) is 13.8 Å². The van der Waals surface area contributed by atoms with E-state index >= 15 is 0 Å². The van der Waals surface area contributed by atoms with Crippen LogP contribution in [0.25, 0.3) is 0 Å². The van der Waals surface area contributed by atoms with E-state index in [1.54, 1.807) is 0 Å². The summed E-state index contributed by atoms with van der Waals surface area (Å²) in [6, 6.07) is 2.34. The van der Waals surface area contributed by atoms with Crippen molar-refractivity contribution in [1.82, 2.24) is 5.32 Å². The van der Waals surface area contributed by atoms with Gasteiger partial charge in [0.2, 0.25) is 0 Å². The molecule has 98 valence electrons. The zero-order valence-corrected chi connectivity index (χ0v) is 9.98.